The Morgan fingerprint density at radius 3 is 2.25 bits per heavy atom. The largest absolute Gasteiger partial charge is 0.326 e. The average molecular weight is 376 g/mol. The molecule has 28 heavy (non-hydrogen) atoms. The van der Waals surface area contributed by atoms with Gasteiger partial charge in [0.1, 0.15) is 0 Å². The second kappa shape index (κ2) is 8.52. The van der Waals surface area contributed by atoms with Crippen molar-refractivity contribution in [1.29, 1.82) is 0 Å². The van der Waals surface area contributed by atoms with E-state index in [9.17, 15) is 9.59 Å². The van der Waals surface area contributed by atoms with E-state index in [0.29, 0.717) is 29.9 Å². The van der Waals surface area contributed by atoms with Gasteiger partial charge in [-0.05, 0) is 55.8 Å². The van der Waals surface area contributed by atoms with Gasteiger partial charge < -0.3 is 10.6 Å². The molecule has 0 aliphatic heterocycles. The summed E-state index contributed by atoms with van der Waals surface area (Å²) < 4.78 is 1.94. The molecule has 0 atom stereocenters. The third-order valence-corrected chi connectivity index (χ3v) is 4.38. The summed E-state index contributed by atoms with van der Waals surface area (Å²) in [5.41, 5.74) is 5.03. The molecule has 2 N–H and O–H groups in total. The van der Waals surface area contributed by atoms with Gasteiger partial charge in [-0.3, -0.25) is 14.3 Å². The Morgan fingerprint density at radius 2 is 1.64 bits per heavy atom. The minimum Gasteiger partial charge on any atom is -0.326 e. The van der Waals surface area contributed by atoms with Crippen molar-refractivity contribution in [3.63, 3.8) is 0 Å². The second-order valence-corrected chi connectivity index (χ2v) is 6.72. The summed E-state index contributed by atoms with van der Waals surface area (Å²) in [5, 5.41) is 10.1. The van der Waals surface area contributed by atoms with Gasteiger partial charge in [0.25, 0.3) is 5.91 Å². The Morgan fingerprint density at radius 1 is 0.964 bits per heavy atom. The number of aromatic nitrogens is 2. The lowest BCUT2D eigenvalue weighted by molar-refractivity contribution is -0.115. The zero-order chi connectivity index (χ0) is 20.1. The standard InChI is InChI=1S/C22H24N4O2/c1-4-21(27)23-19-6-5-7-20(13-19)24-22(28)18-10-8-17(9-11-18)14-26-16(3)12-15(2)25-26/h5-13H,4,14H2,1-3H3,(H,23,27)(H,24,28). The Bertz CT molecular complexity index is 990. The summed E-state index contributed by atoms with van der Waals surface area (Å²) in [6, 6.07) is 16.6. The lowest BCUT2D eigenvalue weighted by Crippen LogP contribution is -2.13. The highest BCUT2D eigenvalue weighted by Crippen LogP contribution is 2.17. The predicted molar refractivity (Wildman–Crippen MR) is 111 cm³/mol. The van der Waals surface area contributed by atoms with E-state index in [1.54, 1.807) is 43.3 Å². The molecule has 6 nitrogen and oxygen atoms in total. The molecule has 3 rings (SSSR count). The summed E-state index contributed by atoms with van der Waals surface area (Å²) >= 11 is 0. The number of hydrogen-bond acceptors (Lipinski definition) is 3. The zero-order valence-electron chi connectivity index (χ0n) is 16.3. The minimum atomic E-state index is -0.198. The molecule has 0 bridgehead atoms. The molecule has 0 saturated heterocycles. The first-order valence-corrected chi connectivity index (χ1v) is 9.26. The van der Waals surface area contributed by atoms with Crippen LogP contribution in [0.4, 0.5) is 11.4 Å². The average Bonchev–Trinajstić information content (AvgIpc) is 2.99. The van der Waals surface area contributed by atoms with Crippen LogP contribution in [0.5, 0.6) is 0 Å². The Hall–Kier alpha value is -3.41. The van der Waals surface area contributed by atoms with Gasteiger partial charge in [0.2, 0.25) is 5.91 Å². The Kier molecular flexibility index (Phi) is 5.89. The van der Waals surface area contributed by atoms with Gasteiger partial charge in [-0.15, -0.1) is 0 Å². The highest BCUT2D eigenvalue weighted by atomic mass is 16.2. The quantitative estimate of drug-likeness (QED) is 0.679. The predicted octanol–water partition coefficient (Wildman–Crippen LogP) is 4.15. The maximum Gasteiger partial charge on any atom is 0.255 e. The first-order chi connectivity index (χ1) is 13.4. The SMILES string of the molecule is CCC(=O)Nc1cccc(NC(=O)c2ccc(Cn3nc(C)cc3C)cc2)c1. The molecule has 0 spiro atoms. The van der Waals surface area contributed by atoms with E-state index in [4.69, 9.17) is 0 Å². The number of carbonyl (C=O) groups excluding carboxylic acids is 2. The van der Waals surface area contributed by atoms with Crippen molar-refractivity contribution in [2.75, 3.05) is 10.6 Å². The molecule has 1 heterocycles. The molecule has 0 aliphatic rings. The van der Waals surface area contributed by atoms with Crippen molar-refractivity contribution in [3.8, 4) is 0 Å². The van der Waals surface area contributed by atoms with Crippen LogP contribution in [-0.4, -0.2) is 21.6 Å². The number of hydrogen-bond donors (Lipinski definition) is 2. The summed E-state index contributed by atoms with van der Waals surface area (Å²) in [7, 11) is 0. The van der Waals surface area contributed by atoms with Crippen LogP contribution >= 0.6 is 0 Å². The van der Waals surface area contributed by atoms with E-state index in [1.165, 1.54) is 0 Å². The molecule has 2 aromatic carbocycles. The molecular weight excluding hydrogens is 352 g/mol. The van der Waals surface area contributed by atoms with Crippen LogP contribution < -0.4 is 10.6 Å². The van der Waals surface area contributed by atoms with E-state index in [0.717, 1.165) is 17.0 Å². The van der Waals surface area contributed by atoms with E-state index in [2.05, 4.69) is 15.7 Å². The van der Waals surface area contributed by atoms with Gasteiger partial charge in [-0.1, -0.05) is 25.1 Å². The summed E-state index contributed by atoms with van der Waals surface area (Å²) in [6.07, 6.45) is 0.403. The number of amides is 2. The van der Waals surface area contributed by atoms with Crippen molar-refractivity contribution in [2.24, 2.45) is 0 Å². The molecule has 2 amide bonds. The number of nitrogens with one attached hydrogen (secondary N) is 2. The topological polar surface area (TPSA) is 76.0 Å². The van der Waals surface area contributed by atoms with Crippen LogP contribution in [-0.2, 0) is 11.3 Å². The first-order valence-electron chi connectivity index (χ1n) is 9.26. The number of aryl methyl sites for hydroxylation is 2. The summed E-state index contributed by atoms with van der Waals surface area (Å²) in [6.45, 7) is 6.46. The molecule has 144 valence electrons. The summed E-state index contributed by atoms with van der Waals surface area (Å²) in [4.78, 5) is 24.0. The van der Waals surface area contributed by atoms with Crippen LogP contribution in [0.15, 0.2) is 54.6 Å². The number of carbonyl (C=O) groups is 2. The third-order valence-electron chi connectivity index (χ3n) is 4.38. The molecule has 0 saturated carbocycles. The summed E-state index contributed by atoms with van der Waals surface area (Å²) in [5.74, 6) is -0.265. The smallest absolute Gasteiger partial charge is 0.255 e. The van der Waals surface area contributed by atoms with Crippen molar-refractivity contribution in [1.82, 2.24) is 9.78 Å². The van der Waals surface area contributed by atoms with Crippen LogP contribution in [0.2, 0.25) is 0 Å². The molecule has 0 aliphatic carbocycles. The number of rotatable bonds is 6. The normalized spacial score (nSPS) is 10.5. The lowest BCUT2D eigenvalue weighted by atomic mass is 10.1. The van der Waals surface area contributed by atoms with E-state index in [1.807, 2.05) is 36.7 Å². The third kappa shape index (κ3) is 4.85. The van der Waals surface area contributed by atoms with E-state index >= 15 is 0 Å². The van der Waals surface area contributed by atoms with Gasteiger partial charge >= 0.3 is 0 Å². The highest BCUT2D eigenvalue weighted by molar-refractivity contribution is 6.04. The first kappa shape index (κ1) is 19.4. The molecule has 0 radical (unpaired) electrons. The molecule has 0 unspecified atom stereocenters. The minimum absolute atomic E-state index is 0.0679. The van der Waals surface area contributed by atoms with Gasteiger partial charge in [0.15, 0.2) is 0 Å². The van der Waals surface area contributed by atoms with Crippen molar-refractivity contribution < 1.29 is 9.59 Å². The van der Waals surface area contributed by atoms with E-state index < -0.39 is 0 Å². The van der Waals surface area contributed by atoms with Crippen LogP contribution in [0.1, 0.15) is 40.7 Å². The Labute approximate surface area is 164 Å². The van der Waals surface area contributed by atoms with Crippen molar-refractivity contribution >= 4 is 23.2 Å². The van der Waals surface area contributed by atoms with Crippen molar-refractivity contribution in [2.45, 2.75) is 33.7 Å². The van der Waals surface area contributed by atoms with Crippen molar-refractivity contribution in [3.05, 3.63) is 77.1 Å². The second-order valence-electron chi connectivity index (χ2n) is 6.72. The van der Waals surface area contributed by atoms with Gasteiger partial charge in [-0.25, -0.2) is 0 Å². The van der Waals surface area contributed by atoms with Gasteiger partial charge in [0.05, 0.1) is 12.2 Å². The van der Waals surface area contributed by atoms with Gasteiger partial charge in [-0.2, -0.15) is 5.10 Å². The molecule has 3 aromatic rings. The fourth-order valence-electron chi connectivity index (χ4n) is 2.90. The molecule has 0 fully saturated rings. The number of anilines is 2. The van der Waals surface area contributed by atoms with Crippen LogP contribution in [0.3, 0.4) is 0 Å². The molecular formula is C22H24N4O2. The van der Waals surface area contributed by atoms with Crippen LogP contribution in [0.25, 0.3) is 0 Å². The maximum absolute atomic E-state index is 12.5. The molecule has 6 heteroatoms. The lowest BCUT2D eigenvalue weighted by Gasteiger charge is -2.09. The molecule has 1 aromatic heterocycles. The number of benzene rings is 2. The number of nitrogens with zero attached hydrogens (tertiary/aromatic N) is 2. The van der Waals surface area contributed by atoms with Gasteiger partial charge in [0, 0.05) is 29.1 Å². The monoisotopic (exact) mass is 376 g/mol. The highest BCUT2D eigenvalue weighted by Gasteiger charge is 2.08. The van der Waals surface area contributed by atoms with E-state index in [-0.39, 0.29) is 11.8 Å². The fourth-order valence-corrected chi connectivity index (χ4v) is 2.90. The Balaban J connectivity index is 1.65. The maximum atomic E-state index is 12.5. The fraction of sp³-hybridized carbons (Fsp3) is 0.227. The van der Waals surface area contributed by atoms with Crippen LogP contribution in [0, 0.1) is 13.8 Å². The zero-order valence-corrected chi connectivity index (χ0v) is 16.3.